The van der Waals surface area contributed by atoms with E-state index >= 15 is 0 Å². The first-order valence-corrected chi connectivity index (χ1v) is 47.1. The molecule has 0 radical (unpaired) electrons. The number of azo groups is 2. The topological polar surface area (TPSA) is 513 Å². The first kappa shape index (κ1) is 95.6. The SMILES string of the molecule is CCC(=O)Nc1cc(N=Nc2ccc(C)cc2C#N)c2c(NS(=O)(=O)c3cccc(OS(=O)Nc4ccc(N5CCOCC5)c(OS(=O)Nc5cc(C)c(C)cc5O)c4)c3)cccc2c1O.CCC(=O)Nc1cc(N=Nc2ccc(C)cc2C#N)c2c(NS(=O)(=O)c3cccc(OS(=O)Nc4ccc(OCCOC)c(OS(=O)Nc5cc(C)c(C)cc5O)c4)c3)cccc2c1O. The lowest BCUT2D eigenvalue weighted by atomic mass is 10.0. The predicted molar refractivity (Wildman–Crippen MR) is 502 cm³/mol. The minimum absolute atomic E-state index is 0.00517. The number of anilines is 9. The minimum atomic E-state index is -4.43. The molecule has 36 nitrogen and oxygen atoms in total. The van der Waals surface area contributed by atoms with E-state index in [9.17, 15) is 74.2 Å². The molecule has 12 aromatic rings. The number of methoxy groups -OCH3 is 1. The number of benzene rings is 12. The van der Waals surface area contributed by atoms with Crippen molar-refractivity contribution in [2.45, 2.75) is 78.0 Å². The number of ether oxygens (including phenoxy) is 3. The molecule has 0 spiro atoms. The van der Waals surface area contributed by atoms with Gasteiger partial charge in [0.15, 0.2) is 17.2 Å². The molecule has 0 bridgehead atoms. The molecule has 4 atom stereocenters. The third-order valence-corrected chi connectivity index (χ3v) is 25.4. The van der Waals surface area contributed by atoms with Crippen molar-refractivity contribution in [1.82, 2.24) is 0 Å². The van der Waals surface area contributed by atoms with E-state index in [0.717, 1.165) is 45.5 Å². The van der Waals surface area contributed by atoms with Crippen LogP contribution in [0.15, 0.2) is 224 Å². The zero-order valence-corrected chi connectivity index (χ0v) is 76.3. The number of carbonyl (C=O) groups is 2. The summed E-state index contributed by atoms with van der Waals surface area (Å²) in [6.45, 7) is 16.6. The molecule has 1 aliphatic heterocycles. The number of nitriles is 2. The van der Waals surface area contributed by atoms with E-state index in [0.29, 0.717) is 32.0 Å². The summed E-state index contributed by atoms with van der Waals surface area (Å²) < 4.78 is 164. The summed E-state index contributed by atoms with van der Waals surface area (Å²) >= 11 is -9.05. The van der Waals surface area contributed by atoms with Crippen molar-refractivity contribution in [2.24, 2.45) is 20.5 Å². The average Bonchev–Trinajstić information content (AvgIpc) is 0.763. The van der Waals surface area contributed by atoms with Crippen LogP contribution < -0.4 is 65.3 Å². The molecule has 1 fully saturated rings. The van der Waals surface area contributed by atoms with Crippen LogP contribution >= 0.6 is 0 Å². The third-order valence-electron chi connectivity index (χ3n) is 19.7. The Kier molecular flexibility index (Phi) is 31.4. The van der Waals surface area contributed by atoms with E-state index in [-0.39, 0.29) is 189 Å². The highest BCUT2D eigenvalue weighted by Gasteiger charge is 2.27. The van der Waals surface area contributed by atoms with Gasteiger partial charge in [0.1, 0.15) is 64.6 Å². The van der Waals surface area contributed by atoms with Gasteiger partial charge in [-0.2, -0.15) is 27.4 Å². The number of nitrogens with one attached hydrogen (secondary N) is 8. The molecule has 1 aliphatic rings. The van der Waals surface area contributed by atoms with Gasteiger partial charge in [-0.05, 0) is 196 Å². The highest BCUT2D eigenvalue weighted by molar-refractivity contribution is 7.93. The smallest absolute Gasteiger partial charge is 0.316 e. The Morgan fingerprint density at radius 3 is 1.32 bits per heavy atom. The summed E-state index contributed by atoms with van der Waals surface area (Å²) in [5.41, 5.74) is 7.47. The number of aryl methyl sites for hydroxylation is 6. The highest BCUT2D eigenvalue weighted by atomic mass is 32.2. The normalized spacial score (nSPS) is 13.0. The summed E-state index contributed by atoms with van der Waals surface area (Å²) in [6.07, 6.45) is 0.213. The lowest BCUT2D eigenvalue weighted by Gasteiger charge is -2.30. The molecule has 12 aromatic carbocycles. The number of sulfonamides is 2. The summed E-state index contributed by atoms with van der Waals surface area (Å²) in [5, 5.41) is 85.8. The molecule has 12 N–H and O–H groups in total. The second-order valence-electron chi connectivity index (χ2n) is 29.0. The van der Waals surface area contributed by atoms with Crippen LogP contribution in [0.25, 0.3) is 21.5 Å². The van der Waals surface area contributed by atoms with Crippen molar-refractivity contribution in [1.29, 1.82) is 10.5 Å². The number of phenolic OH excluding ortho intramolecular Hbond substituents is 4. The fourth-order valence-corrected chi connectivity index (χ4v) is 17.7. The van der Waals surface area contributed by atoms with Crippen LogP contribution in [0.1, 0.15) is 71.2 Å². The number of morpholine rings is 1. The van der Waals surface area contributed by atoms with Crippen LogP contribution in [-0.2, 0) is 84.2 Å². The molecular formula is C89H87N15O21S6. The van der Waals surface area contributed by atoms with Gasteiger partial charge in [0.05, 0.1) is 103 Å². The number of phenols is 4. The standard InChI is InChI=1S/C45H44N8O10S3.C44H43N7O11S3/c1-5-43(55)47-39-25-38(49-48-35-14-12-27(2)20-30(35)26-46)44-34(45(39)56)10-7-11-36(44)52-66(59,60)33-9-6-8-32(24-33)62-64(57)50-31-13-15-40(53-16-18-61-19-17-53)42(23-31)63-65(58)51-37-21-28(3)29(4)22-41(37)54;1-6-42(53)46-38-24-37(48-47-34-15-13-26(2)19-29(34)25-45)43-33(44(38)54)11-8-12-35(43)51-65(57,58)32-10-7-9-31(23-32)61-63(55)49-30-14-16-40(60-18-17-59-5)41(22-30)62-64(56)50-36-20-27(3)28(4)21-39(36)52/h6-15,20-25,50-52,54,56H,5,16-19H2,1-4H3,(H,47,55);7-16,19-24,49-52,54H,6,17-18H2,1-5H3,(H,46,53). The molecule has 131 heavy (non-hydrogen) atoms. The monoisotopic (exact) mass is 1890 g/mol. The van der Waals surface area contributed by atoms with Crippen molar-refractivity contribution >= 4 is 172 Å². The molecule has 1 heterocycles. The van der Waals surface area contributed by atoms with Crippen LogP contribution in [0.4, 0.5) is 73.9 Å². The second-order valence-corrected chi connectivity index (χ2v) is 35.8. The van der Waals surface area contributed by atoms with Gasteiger partial charge in [0, 0.05) is 78.9 Å². The van der Waals surface area contributed by atoms with E-state index in [2.05, 4.69) is 71.6 Å². The molecule has 42 heteroatoms. The molecule has 2 amide bonds. The van der Waals surface area contributed by atoms with Crippen LogP contribution in [-0.4, -0.2) is 113 Å². The predicted octanol–water partition coefficient (Wildman–Crippen LogP) is 17.4. The van der Waals surface area contributed by atoms with E-state index in [4.69, 9.17) is 30.9 Å². The van der Waals surface area contributed by atoms with Crippen LogP contribution in [0, 0.1) is 64.2 Å². The summed E-state index contributed by atoms with van der Waals surface area (Å²) in [7, 11) is -7.37. The molecule has 0 aliphatic carbocycles. The van der Waals surface area contributed by atoms with Crippen molar-refractivity contribution in [3.8, 4) is 63.9 Å². The van der Waals surface area contributed by atoms with Crippen LogP contribution in [0.2, 0.25) is 0 Å². The number of nitrogens with zero attached hydrogens (tertiary/aromatic N) is 7. The first-order valence-electron chi connectivity index (χ1n) is 39.8. The third kappa shape index (κ3) is 24.5. The molecule has 680 valence electrons. The van der Waals surface area contributed by atoms with Gasteiger partial charge >= 0.3 is 45.1 Å². The van der Waals surface area contributed by atoms with Gasteiger partial charge in [-0.1, -0.05) is 62.4 Å². The Bertz CT molecular complexity index is 6910. The Morgan fingerprint density at radius 1 is 0.450 bits per heavy atom. The Balaban J connectivity index is 0.000000237. The quantitative estimate of drug-likeness (QED) is 0.00997. The molecule has 13 rings (SSSR count). The van der Waals surface area contributed by atoms with Crippen LogP contribution in [0.5, 0.6) is 51.7 Å². The van der Waals surface area contributed by atoms with Crippen LogP contribution in [0.3, 0.4) is 0 Å². The maximum atomic E-state index is 14.0. The average molecular weight is 1900 g/mol. The Labute approximate surface area is 764 Å². The zero-order valence-electron chi connectivity index (χ0n) is 71.4. The van der Waals surface area contributed by atoms with Crippen molar-refractivity contribution in [3.05, 3.63) is 239 Å². The van der Waals surface area contributed by atoms with Gasteiger partial charge in [-0.15, -0.1) is 20.5 Å². The number of fused-ring (bicyclic) bond motifs is 2. The van der Waals surface area contributed by atoms with Gasteiger partial charge < -0.3 is 66.9 Å². The van der Waals surface area contributed by atoms with Crippen molar-refractivity contribution in [3.63, 3.8) is 0 Å². The lowest BCUT2D eigenvalue weighted by Crippen LogP contribution is -2.36. The van der Waals surface area contributed by atoms with E-state index < -0.39 is 76.9 Å². The summed E-state index contributed by atoms with van der Waals surface area (Å²) in [4.78, 5) is 26.2. The fourth-order valence-electron chi connectivity index (χ4n) is 12.8. The van der Waals surface area contributed by atoms with Gasteiger partial charge in [0.2, 0.25) is 11.8 Å². The Hall–Kier alpha value is -14.5. The van der Waals surface area contributed by atoms with Gasteiger partial charge in [-0.3, -0.25) is 37.9 Å². The second kappa shape index (κ2) is 43.1. The maximum Gasteiger partial charge on any atom is 0.316 e. The largest absolute Gasteiger partial charge is 0.506 e. The summed E-state index contributed by atoms with van der Waals surface area (Å²) in [6, 6.07) is 51.7. The molecule has 1 saturated heterocycles. The van der Waals surface area contributed by atoms with Crippen molar-refractivity contribution in [2.75, 3.05) is 90.5 Å². The van der Waals surface area contributed by atoms with E-state index in [1.54, 1.807) is 80.6 Å². The number of hydrogen-bond acceptors (Lipinski definition) is 28. The fraction of sp³-hybridized carbons (Fsp3) is 0.191. The lowest BCUT2D eigenvalue weighted by molar-refractivity contribution is -0.116. The minimum Gasteiger partial charge on any atom is -0.506 e. The molecule has 0 aromatic heterocycles. The van der Waals surface area contributed by atoms with Crippen molar-refractivity contribution < 1.29 is 94.6 Å². The number of amides is 2. The van der Waals surface area contributed by atoms with Gasteiger partial charge in [0.25, 0.3) is 20.0 Å². The molecule has 4 unspecified atom stereocenters. The number of aromatic hydroxyl groups is 4. The molecular weight excluding hydrogens is 1810 g/mol. The zero-order chi connectivity index (χ0) is 94.0. The van der Waals surface area contributed by atoms with E-state index in [1.807, 2.05) is 46.4 Å². The first-order chi connectivity index (χ1) is 62.7. The number of hydrogen-bond donors (Lipinski definition) is 12. The van der Waals surface area contributed by atoms with Gasteiger partial charge in [-0.25, -0.2) is 16.8 Å². The summed E-state index contributed by atoms with van der Waals surface area (Å²) in [5.74, 6) is -1.65. The van der Waals surface area contributed by atoms with E-state index in [1.165, 1.54) is 122 Å². The number of rotatable bonds is 35. The molecule has 0 saturated carbocycles. The highest BCUT2D eigenvalue weighted by Crippen LogP contribution is 2.47. The Morgan fingerprint density at radius 2 is 0.870 bits per heavy atom. The number of carbonyl (C=O) groups excluding carboxylic acids is 2. The maximum absolute atomic E-state index is 14.0.